The lowest BCUT2D eigenvalue weighted by atomic mass is 10.0. The Balaban J connectivity index is 2.27. The monoisotopic (exact) mass is 295 g/mol. The second kappa shape index (κ2) is 5.94. The van der Waals surface area contributed by atoms with Gasteiger partial charge in [-0.25, -0.2) is 4.39 Å². The van der Waals surface area contributed by atoms with Crippen LogP contribution in [0.25, 0.3) is 0 Å². The first-order chi connectivity index (χ1) is 9.43. The van der Waals surface area contributed by atoms with E-state index in [1.54, 1.807) is 10.7 Å². The lowest BCUT2D eigenvalue weighted by Crippen LogP contribution is -2.17. The molecule has 2 rings (SSSR count). The number of hydrogen-bond acceptors (Lipinski definition) is 2. The third-order valence-corrected chi connectivity index (χ3v) is 3.91. The van der Waals surface area contributed by atoms with Gasteiger partial charge in [-0.1, -0.05) is 30.7 Å². The molecule has 0 bridgehead atoms. The first-order valence-corrected chi connectivity index (χ1v) is 7.03. The Morgan fingerprint density at radius 2 is 2.15 bits per heavy atom. The molecular formula is C15H19ClFN3. The summed E-state index contributed by atoms with van der Waals surface area (Å²) < 4.78 is 15.7. The van der Waals surface area contributed by atoms with Crippen LogP contribution in [0.15, 0.2) is 18.2 Å². The van der Waals surface area contributed by atoms with Crippen molar-refractivity contribution in [1.29, 1.82) is 0 Å². The van der Waals surface area contributed by atoms with Gasteiger partial charge in [-0.15, -0.1) is 0 Å². The fraction of sp³-hybridized carbons (Fsp3) is 0.400. The first-order valence-electron chi connectivity index (χ1n) is 6.65. The summed E-state index contributed by atoms with van der Waals surface area (Å²) in [6.07, 6.45) is 1.23. The summed E-state index contributed by atoms with van der Waals surface area (Å²) >= 11 is 6.29. The summed E-state index contributed by atoms with van der Waals surface area (Å²) in [5.74, 6) is -0.272. The Kier molecular flexibility index (Phi) is 4.45. The van der Waals surface area contributed by atoms with E-state index in [0.717, 1.165) is 23.4 Å². The van der Waals surface area contributed by atoms with E-state index in [1.165, 1.54) is 6.07 Å². The van der Waals surface area contributed by atoms with Gasteiger partial charge in [0.25, 0.3) is 0 Å². The summed E-state index contributed by atoms with van der Waals surface area (Å²) in [4.78, 5) is 0. The van der Waals surface area contributed by atoms with E-state index in [1.807, 2.05) is 27.0 Å². The average Bonchev–Trinajstić information content (AvgIpc) is 2.66. The maximum atomic E-state index is 13.9. The van der Waals surface area contributed by atoms with Gasteiger partial charge in [0.1, 0.15) is 5.82 Å². The molecule has 1 atom stereocenters. The number of hydrogen-bond donors (Lipinski definition) is 1. The van der Waals surface area contributed by atoms with E-state index in [-0.39, 0.29) is 5.82 Å². The van der Waals surface area contributed by atoms with Crippen LogP contribution in [0.5, 0.6) is 0 Å². The minimum absolute atomic E-state index is 0.272. The van der Waals surface area contributed by atoms with Crippen molar-refractivity contribution >= 4 is 11.6 Å². The Morgan fingerprint density at radius 1 is 1.45 bits per heavy atom. The molecule has 2 N–H and O–H groups in total. The number of benzene rings is 1. The largest absolute Gasteiger partial charge is 0.324 e. The molecular weight excluding hydrogens is 277 g/mol. The normalized spacial score (nSPS) is 12.7. The van der Waals surface area contributed by atoms with Gasteiger partial charge in [0.05, 0.1) is 16.4 Å². The molecule has 2 aromatic rings. The Bertz CT molecular complexity index is 622. The standard InChI is InChI=1S/C15H19ClFN3/c1-4-13-15(16)14(20(3)19-13)8-12(18)10-6-5-9(2)7-11(10)17/h5-7,12H,4,8,18H2,1-3H3. The van der Waals surface area contributed by atoms with E-state index < -0.39 is 6.04 Å². The first kappa shape index (κ1) is 15.0. The molecule has 0 spiro atoms. The van der Waals surface area contributed by atoms with Crippen molar-refractivity contribution in [2.75, 3.05) is 0 Å². The van der Waals surface area contributed by atoms with E-state index in [0.29, 0.717) is 17.0 Å². The zero-order valence-corrected chi connectivity index (χ0v) is 12.7. The summed E-state index contributed by atoms with van der Waals surface area (Å²) in [7, 11) is 1.83. The van der Waals surface area contributed by atoms with Gasteiger partial charge in [-0.05, 0) is 25.0 Å². The number of nitrogens with zero attached hydrogens (tertiary/aromatic N) is 2. The summed E-state index contributed by atoms with van der Waals surface area (Å²) in [6.45, 7) is 3.85. The molecule has 108 valence electrons. The zero-order valence-electron chi connectivity index (χ0n) is 12.0. The molecule has 20 heavy (non-hydrogen) atoms. The smallest absolute Gasteiger partial charge is 0.128 e. The molecule has 0 amide bonds. The van der Waals surface area contributed by atoms with Crippen LogP contribution in [-0.2, 0) is 19.9 Å². The predicted molar refractivity (Wildman–Crippen MR) is 79.4 cm³/mol. The van der Waals surface area contributed by atoms with Crippen molar-refractivity contribution in [2.24, 2.45) is 12.8 Å². The fourth-order valence-corrected chi connectivity index (χ4v) is 2.66. The van der Waals surface area contributed by atoms with Crippen LogP contribution in [0.1, 0.15) is 35.5 Å². The third kappa shape index (κ3) is 2.86. The highest BCUT2D eigenvalue weighted by Gasteiger charge is 2.18. The van der Waals surface area contributed by atoms with Crippen LogP contribution < -0.4 is 5.73 Å². The Morgan fingerprint density at radius 3 is 2.70 bits per heavy atom. The SMILES string of the molecule is CCc1nn(C)c(CC(N)c2ccc(C)cc2F)c1Cl. The number of halogens is 2. The molecule has 1 aromatic carbocycles. The molecule has 0 saturated heterocycles. The van der Waals surface area contributed by atoms with Gasteiger partial charge in [-0.2, -0.15) is 5.10 Å². The van der Waals surface area contributed by atoms with Crippen LogP contribution in [-0.4, -0.2) is 9.78 Å². The maximum absolute atomic E-state index is 13.9. The lowest BCUT2D eigenvalue weighted by molar-refractivity contribution is 0.568. The van der Waals surface area contributed by atoms with E-state index in [2.05, 4.69) is 5.10 Å². The highest BCUT2D eigenvalue weighted by Crippen LogP contribution is 2.26. The van der Waals surface area contributed by atoms with Crippen LogP contribution in [0.3, 0.4) is 0 Å². The Hall–Kier alpha value is -1.39. The molecule has 1 aromatic heterocycles. The molecule has 0 saturated carbocycles. The van der Waals surface area contributed by atoms with Crippen molar-refractivity contribution in [1.82, 2.24) is 9.78 Å². The highest BCUT2D eigenvalue weighted by atomic mass is 35.5. The van der Waals surface area contributed by atoms with Crippen molar-refractivity contribution in [3.8, 4) is 0 Å². The molecule has 1 unspecified atom stereocenters. The summed E-state index contributed by atoms with van der Waals surface area (Å²) in [6, 6.07) is 4.66. The number of rotatable bonds is 4. The third-order valence-electron chi connectivity index (χ3n) is 3.47. The van der Waals surface area contributed by atoms with Gasteiger partial charge in [0, 0.05) is 25.1 Å². The van der Waals surface area contributed by atoms with Crippen LogP contribution in [0, 0.1) is 12.7 Å². The average molecular weight is 296 g/mol. The molecule has 0 aliphatic heterocycles. The molecule has 1 heterocycles. The van der Waals surface area contributed by atoms with Gasteiger partial charge in [0.2, 0.25) is 0 Å². The Labute approximate surface area is 123 Å². The molecule has 0 aliphatic carbocycles. The van der Waals surface area contributed by atoms with Crippen LogP contribution >= 0.6 is 11.6 Å². The number of aromatic nitrogens is 2. The highest BCUT2D eigenvalue weighted by molar-refractivity contribution is 6.31. The van der Waals surface area contributed by atoms with Crippen molar-refractivity contribution in [3.63, 3.8) is 0 Å². The van der Waals surface area contributed by atoms with Crippen molar-refractivity contribution in [2.45, 2.75) is 32.7 Å². The molecule has 5 heteroatoms. The topological polar surface area (TPSA) is 43.8 Å². The van der Waals surface area contributed by atoms with Crippen LogP contribution in [0.4, 0.5) is 4.39 Å². The molecule has 3 nitrogen and oxygen atoms in total. The van der Waals surface area contributed by atoms with E-state index in [9.17, 15) is 4.39 Å². The zero-order chi connectivity index (χ0) is 14.9. The maximum Gasteiger partial charge on any atom is 0.128 e. The number of nitrogens with two attached hydrogens (primary N) is 1. The molecule has 0 fully saturated rings. The summed E-state index contributed by atoms with van der Waals surface area (Å²) in [5.41, 5.74) is 9.20. The van der Waals surface area contributed by atoms with Gasteiger partial charge in [-0.3, -0.25) is 4.68 Å². The fourth-order valence-electron chi connectivity index (χ4n) is 2.29. The number of aryl methyl sites for hydroxylation is 3. The van der Waals surface area contributed by atoms with E-state index >= 15 is 0 Å². The quantitative estimate of drug-likeness (QED) is 0.940. The molecule has 0 radical (unpaired) electrons. The molecule has 0 aliphatic rings. The van der Waals surface area contributed by atoms with Gasteiger partial charge < -0.3 is 5.73 Å². The lowest BCUT2D eigenvalue weighted by Gasteiger charge is -2.14. The van der Waals surface area contributed by atoms with E-state index in [4.69, 9.17) is 17.3 Å². The van der Waals surface area contributed by atoms with Crippen molar-refractivity contribution < 1.29 is 4.39 Å². The van der Waals surface area contributed by atoms with Crippen LogP contribution in [0.2, 0.25) is 5.02 Å². The predicted octanol–water partition coefficient (Wildman–Crippen LogP) is 3.33. The summed E-state index contributed by atoms with van der Waals surface area (Å²) in [5, 5.41) is 4.98. The van der Waals surface area contributed by atoms with Crippen molar-refractivity contribution in [3.05, 3.63) is 51.6 Å². The van der Waals surface area contributed by atoms with Gasteiger partial charge in [0.15, 0.2) is 0 Å². The second-order valence-electron chi connectivity index (χ2n) is 5.02. The van der Waals surface area contributed by atoms with Gasteiger partial charge >= 0.3 is 0 Å². The minimum atomic E-state index is -0.437. The minimum Gasteiger partial charge on any atom is -0.324 e. The second-order valence-corrected chi connectivity index (χ2v) is 5.40.